The number of rotatable bonds is 3. The molecule has 13 heavy (non-hydrogen) atoms. The Balaban J connectivity index is 2.29. The lowest BCUT2D eigenvalue weighted by Gasteiger charge is -2.22. The van der Waals surface area contributed by atoms with Crippen LogP contribution in [-0.4, -0.2) is 24.6 Å². The van der Waals surface area contributed by atoms with Crippen LogP contribution < -0.4 is 5.73 Å². The van der Waals surface area contributed by atoms with Crippen molar-refractivity contribution in [3.05, 3.63) is 0 Å². The van der Waals surface area contributed by atoms with Crippen molar-refractivity contribution in [1.29, 1.82) is 0 Å². The fraction of sp³-hybridized carbons (Fsp3) is 0.900. The first-order chi connectivity index (χ1) is 6.18. The number of aliphatic imine (C=N–C) groups is 1. The highest BCUT2D eigenvalue weighted by Crippen LogP contribution is 2.15. The average molecular weight is 184 g/mol. The first-order valence-corrected chi connectivity index (χ1v) is 5.12. The van der Waals surface area contributed by atoms with Gasteiger partial charge in [0.25, 0.3) is 0 Å². The van der Waals surface area contributed by atoms with Crippen molar-refractivity contribution in [2.24, 2.45) is 10.7 Å². The van der Waals surface area contributed by atoms with Gasteiger partial charge in [0.1, 0.15) is 0 Å². The molecule has 76 valence electrons. The molecule has 3 heteroatoms. The minimum Gasteiger partial charge on any atom is -0.387 e. The smallest absolute Gasteiger partial charge is 0.0966 e. The fourth-order valence-corrected chi connectivity index (χ4v) is 1.59. The lowest BCUT2D eigenvalue weighted by atomic mass is 10.1. The third-order valence-corrected chi connectivity index (χ3v) is 2.13. The van der Waals surface area contributed by atoms with Gasteiger partial charge in [-0.05, 0) is 33.1 Å². The molecule has 1 aliphatic rings. The largest absolute Gasteiger partial charge is 0.387 e. The molecule has 1 unspecified atom stereocenters. The van der Waals surface area contributed by atoms with E-state index in [-0.39, 0.29) is 0 Å². The van der Waals surface area contributed by atoms with Gasteiger partial charge in [-0.25, -0.2) is 0 Å². The van der Waals surface area contributed by atoms with E-state index >= 15 is 0 Å². The minimum absolute atomic E-state index is 0.295. The molecule has 1 rings (SSSR count). The summed E-state index contributed by atoms with van der Waals surface area (Å²) < 4.78 is 5.57. The maximum Gasteiger partial charge on any atom is 0.0966 e. The Hall–Kier alpha value is -0.570. The second kappa shape index (κ2) is 5.22. The van der Waals surface area contributed by atoms with E-state index in [2.05, 4.69) is 4.99 Å². The van der Waals surface area contributed by atoms with Crippen LogP contribution >= 0.6 is 0 Å². The summed E-state index contributed by atoms with van der Waals surface area (Å²) in [5.41, 5.74) is 5.78. The zero-order chi connectivity index (χ0) is 9.68. The standard InChI is InChI=1S/C10H20N2O/c1-8(2)12-10(11)7-9-5-3-4-6-13-9/h8-9H,3-7H2,1-2H3,(H2,11,12). The highest BCUT2D eigenvalue weighted by atomic mass is 16.5. The quantitative estimate of drug-likeness (QED) is 0.536. The Morgan fingerprint density at radius 2 is 2.31 bits per heavy atom. The van der Waals surface area contributed by atoms with Crippen LogP contribution in [0, 0.1) is 0 Å². The predicted molar refractivity (Wildman–Crippen MR) is 55.0 cm³/mol. The summed E-state index contributed by atoms with van der Waals surface area (Å²) in [5, 5.41) is 0. The van der Waals surface area contributed by atoms with Gasteiger partial charge in [-0.2, -0.15) is 0 Å². The summed E-state index contributed by atoms with van der Waals surface area (Å²) in [6, 6.07) is 0.295. The van der Waals surface area contributed by atoms with E-state index in [4.69, 9.17) is 10.5 Å². The predicted octanol–water partition coefficient (Wildman–Crippen LogP) is 1.71. The highest BCUT2D eigenvalue weighted by molar-refractivity contribution is 5.80. The number of hydrogen-bond acceptors (Lipinski definition) is 2. The number of ether oxygens (including phenoxy) is 1. The van der Waals surface area contributed by atoms with Gasteiger partial charge in [-0.1, -0.05) is 0 Å². The van der Waals surface area contributed by atoms with Crippen LogP contribution in [0.15, 0.2) is 4.99 Å². The average Bonchev–Trinajstić information content (AvgIpc) is 2.04. The Morgan fingerprint density at radius 3 is 2.85 bits per heavy atom. The molecule has 0 aromatic carbocycles. The normalized spacial score (nSPS) is 25.2. The van der Waals surface area contributed by atoms with Crippen molar-refractivity contribution in [1.82, 2.24) is 0 Å². The number of amidine groups is 1. The second-order valence-electron chi connectivity index (χ2n) is 3.91. The van der Waals surface area contributed by atoms with E-state index in [9.17, 15) is 0 Å². The first-order valence-electron chi connectivity index (χ1n) is 5.12. The Bertz CT molecular complexity index is 172. The molecule has 0 bridgehead atoms. The lowest BCUT2D eigenvalue weighted by Crippen LogP contribution is -2.26. The number of nitrogens with two attached hydrogens (primary N) is 1. The molecule has 2 N–H and O–H groups in total. The molecule has 3 nitrogen and oxygen atoms in total. The summed E-state index contributed by atoms with van der Waals surface area (Å²) in [5.74, 6) is 0.738. The van der Waals surface area contributed by atoms with Crippen molar-refractivity contribution in [3.63, 3.8) is 0 Å². The van der Waals surface area contributed by atoms with Gasteiger partial charge >= 0.3 is 0 Å². The molecular weight excluding hydrogens is 164 g/mol. The summed E-state index contributed by atoms with van der Waals surface area (Å²) in [7, 11) is 0. The van der Waals surface area contributed by atoms with Crippen LogP contribution in [0.2, 0.25) is 0 Å². The van der Waals surface area contributed by atoms with Crippen molar-refractivity contribution in [2.75, 3.05) is 6.61 Å². The number of nitrogens with zero attached hydrogens (tertiary/aromatic N) is 1. The fourth-order valence-electron chi connectivity index (χ4n) is 1.59. The van der Waals surface area contributed by atoms with Crippen LogP contribution in [-0.2, 0) is 4.74 Å². The van der Waals surface area contributed by atoms with Gasteiger partial charge in [-0.3, -0.25) is 4.99 Å². The second-order valence-corrected chi connectivity index (χ2v) is 3.91. The maximum atomic E-state index is 5.78. The highest BCUT2D eigenvalue weighted by Gasteiger charge is 2.14. The summed E-state index contributed by atoms with van der Waals surface area (Å²) in [6.07, 6.45) is 4.71. The molecule has 1 atom stereocenters. The van der Waals surface area contributed by atoms with Crippen LogP contribution in [0.4, 0.5) is 0 Å². The summed E-state index contributed by atoms with van der Waals surface area (Å²) in [4.78, 5) is 4.29. The maximum absolute atomic E-state index is 5.78. The topological polar surface area (TPSA) is 47.6 Å². The van der Waals surface area contributed by atoms with E-state index in [1.165, 1.54) is 12.8 Å². The van der Waals surface area contributed by atoms with Gasteiger partial charge in [0.05, 0.1) is 11.9 Å². The zero-order valence-electron chi connectivity index (χ0n) is 8.62. The molecule has 0 saturated carbocycles. The van der Waals surface area contributed by atoms with Crippen molar-refractivity contribution >= 4 is 5.84 Å². The van der Waals surface area contributed by atoms with Crippen molar-refractivity contribution < 1.29 is 4.74 Å². The molecular formula is C10H20N2O. The van der Waals surface area contributed by atoms with Crippen LogP contribution in [0.3, 0.4) is 0 Å². The Labute approximate surface area is 80.4 Å². The number of hydrogen-bond donors (Lipinski definition) is 1. The van der Waals surface area contributed by atoms with Gasteiger partial charge < -0.3 is 10.5 Å². The SMILES string of the molecule is CC(C)N=C(N)CC1CCCCO1. The van der Waals surface area contributed by atoms with Crippen LogP contribution in [0.25, 0.3) is 0 Å². The monoisotopic (exact) mass is 184 g/mol. The minimum atomic E-state index is 0.295. The summed E-state index contributed by atoms with van der Waals surface area (Å²) in [6.45, 7) is 4.96. The van der Waals surface area contributed by atoms with E-state index in [0.717, 1.165) is 25.3 Å². The van der Waals surface area contributed by atoms with E-state index in [0.29, 0.717) is 12.1 Å². The van der Waals surface area contributed by atoms with E-state index < -0.39 is 0 Å². The molecule has 1 saturated heterocycles. The molecule has 0 radical (unpaired) electrons. The van der Waals surface area contributed by atoms with Gasteiger partial charge in [0.15, 0.2) is 0 Å². The molecule has 1 aliphatic heterocycles. The Kier molecular flexibility index (Phi) is 4.22. The molecule has 0 aromatic rings. The van der Waals surface area contributed by atoms with E-state index in [1.807, 2.05) is 13.8 Å². The molecule has 0 amide bonds. The van der Waals surface area contributed by atoms with Gasteiger partial charge in [0.2, 0.25) is 0 Å². The third-order valence-electron chi connectivity index (χ3n) is 2.13. The Morgan fingerprint density at radius 1 is 1.54 bits per heavy atom. The molecule has 0 aliphatic carbocycles. The van der Waals surface area contributed by atoms with E-state index in [1.54, 1.807) is 0 Å². The van der Waals surface area contributed by atoms with Crippen LogP contribution in [0.5, 0.6) is 0 Å². The molecule has 0 aromatic heterocycles. The van der Waals surface area contributed by atoms with Crippen LogP contribution in [0.1, 0.15) is 39.5 Å². The van der Waals surface area contributed by atoms with Gasteiger partial charge in [-0.15, -0.1) is 0 Å². The van der Waals surface area contributed by atoms with Crippen molar-refractivity contribution in [2.45, 2.75) is 51.7 Å². The molecule has 1 heterocycles. The molecule has 0 spiro atoms. The third kappa shape index (κ3) is 4.27. The first kappa shape index (κ1) is 10.5. The summed E-state index contributed by atoms with van der Waals surface area (Å²) >= 11 is 0. The van der Waals surface area contributed by atoms with Gasteiger partial charge in [0, 0.05) is 19.1 Å². The lowest BCUT2D eigenvalue weighted by molar-refractivity contribution is 0.0209. The molecule has 1 fully saturated rings. The zero-order valence-corrected chi connectivity index (χ0v) is 8.62. The van der Waals surface area contributed by atoms with Crippen molar-refractivity contribution in [3.8, 4) is 0 Å².